The number of fused-ring (bicyclic) bond motifs is 1. The first kappa shape index (κ1) is 23.1. The average Bonchev–Trinajstić information content (AvgIpc) is 3.20. The summed E-state index contributed by atoms with van der Waals surface area (Å²) in [4.78, 5) is 24.4. The van der Waals surface area contributed by atoms with Gasteiger partial charge in [0.2, 0.25) is 0 Å². The van der Waals surface area contributed by atoms with Gasteiger partial charge in [0.1, 0.15) is 23.0 Å². The van der Waals surface area contributed by atoms with Crippen molar-refractivity contribution in [3.63, 3.8) is 0 Å². The average molecular weight is 465 g/mol. The van der Waals surface area contributed by atoms with Crippen molar-refractivity contribution in [2.45, 2.75) is 13.5 Å². The molecule has 0 saturated heterocycles. The molecule has 0 spiro atoms. The molecule has 0 atom stereocenters. The van der Waals surface area contributed by atoms with Gasteiger partial charge in [-0.25, -0.2) is 13.6 Å². The molecule has 174 valence electrons. The summed E-state index contributed by atoms with van der Waals surface area (Å²) < 4.78 is 41.0. The van der Waals surface area contributed by atoms with Gasteiger partial charge in [-0.3, -0.25) is 4.79 Å². The number of hydrogen-bond acceptors (Lipinski definition) is 4. The highest BCUT2D eigenvalue weighted by atomic mass is 19.1. The molecule has 2 N–H and O–H groups in total. The maximum Gasteiger partial charge on any atom is 0.335 e. The van der Waals surface area contributed by atoms with Crippen molar-refractivity contribution in [1.29, 1.82) is 0 Å². The lowest BCUT2D eigenvalue weighted by molar-refractivity contribution is 0.0696. The van der Waals surface area contributed by atoms with Crippen molar-refractivity contribution in [2.24, 2.45) is 0 Å². The number of ether oxygens (including phenoxy) is 1. The number of benzene rings is 3. The number of carbonyl (C=O) groups is 2. The lowest BCUT2D eigenvalue weighted by atomic mass is 9.91. The number of aromatic carboxylic acids is 1. The van der Waals surface area contributed by atoms with Gasteiger partial charge in [-0.15, -0.1) is 0 Å². The van der Waals surface area contributed by atoms with Crippen LogP contribution < -0.4 is 5.32 Å². The van der Waals surface area contributed by atoms with Gasteiger partial charge in [0.25, 0.3) is 5.91 Å². The fraction of sp³-hybridized carbons (Fsp3) is 0.154. The minimum Gasteiger partial charge on any atom is -0.478 e. The van der Waals surface area contributed by atoms with Crippen LogP contribution in [0.3, 0.4) is 0 Å². The standard InChI is InChI=1S/C26H21F2NO5/c1-13-4-5-15(26(31)32)10-18(13)20-16(12-33-3)11-19-21(23(20)28)22(25(30)29-2)24(34-19)14-6-8-17(27)9-7-14/h4-11H,12H2,1-3H3,(H,29,30)(H,31,32). The number of amides is 1. The topological polar surface area (TPSA) is 88.8 Å². The molecule has 0 aliphatic rings. The third kappa shape index (κ3) is 3.92. The molecule has 3 aromatic carbocycles. The number of rotatable bonds is 6. The van der Waals surface area contributed by atoms with E-state index in [4.69, 9.17) is 9.15 Å². The summed E-state index contributed by atoms with van der Waals surface area (Å²) in [5.74, 6) is -2.86. The Morgan fingerprint density at radius 2 is 1.79 bits per heavy atom. The van der Waals surface area contributed by atoms with E-state index < -0.39 is 23.5 Å². The first-order valence-electron chi connectivity index (χ1n) is 10.4. The third-order valence-electron chi connectivity index (χ3n) is 5.62. The molecule has 4 rings (SSSR count). The number of carboxylic acids is 1. The zero-order valence-electron chi connectivity index (χ0n) is 18.7. The maximum absolute atomic E-state index is 16.3. The van der Waals surface area contributed by atoms with Crippen LogP contribution in [0.1, 0.15) is 31.8 Å². The Hall–Kier alpha value is -4.04. The fourth-order valence-corrected chi connectivity index (χ4v) is 4.00. The Balaban J connectivity index is 2.11. The second-order valence-electron chi connectivity index (χ2n) is 7.76. The molecule has 0 radical (unpaired) electrons. The van der Waals surface area contributed by atoms with Gasteiger partial charge >= 0.3 is 5.97 Å². The highest BCUT2D eigenvalue weighted by molar-refractivity contribution is 6.12. The molecule has 1 heterocycles. The molecular formula is C26H21F2NO5. The number of furan rings is 1. The van der Waals surface area contributed by atoms with Gasteiger partial charge in [-0.1, -0.05) is 6.07 Å². The minimum atomic E-state index is -1.15. The van der Waals surface area contributed by atoms with E-state index >= 15 is 4.39 Å². The second kappa shape index (κ2) is 9.07. The molecule has 34 heavy (non-hydrogen) atoms. The number of aryl methyl sites for hydroxylation is 1. The fourth-order valence-electron chi connectivity index (χ4n) is 4.00. The van der Waals surface area contributed by atoms with Crippen LogP contribution in [0.15, 0.2) is 52.9 Å². The summed E-state index contributed by atoms with van der Waals surface area (Å²) in [6.45, 7) is 1.75. The molecule has 6 nitrogen and oxygen atoms in total. The normalized spacial score (nSPS) is 11.1. The van der Waals surface area contributed by atoms with Crippen LogP contribution in [0, 0.1) is 18.6 Å². The van der Waals surface area contributed by atoms with E-state index in [1.807, 2.05) is 0 Å². The molecule has 1 amide bonds. The third-order valence-corrected chi connectivity index (χ3v) is 5.62. The molecule has 4 aromatic rings. The molecule has 0 aliphatic heterocycles. The largest absolute Gasteiger partial charge is 0.478 e. The van der Waals surface area contributed by atoms with E-state index in [0.29, 0.717) is 22.3 Å². The van der Waals surface area contributed by atoms with Crippen molar-refractivity contribution < 1.29 is 32.6 Å². The van der Waals surface area contributed by atoms with Crippen LogP contribution in [0.25, 0.3) is 33.4 Å². The summed E-state index contributed by atoms with van der Waals surface area (Å²) in [6.07, 6.45) is 0. The molecule has 1 aromatic heterocycles. The Morgan fingerprint density at radius 1 is 1.09 bits per heavy atom. The van der Waals surface area contributed by atoms with Crippen LogP contribution in [0.5, 0.6) is 0 Å². The van der Waals surface area contributed by atoms with Crippen LogP contribution in [-0.2, 0) is 11.3 Å². The van der Waals surface area contributed by atoms with E-state index in [9.17, 15) is 19.1 Å². The van der Waals surface area contributed by atoms with Gasteiger partial charge in [0, 0.05) is 25.3 Å². The summed E-state index contributed by atoms with van der Waals surface area (Å²) in [5.41, 5.74) is 2.00. The van der Waals surface area contributed by atoms with Crippen LogP contribution in [0.2, 0.25) is 0 Å². The molecule has 0 bridgehead atoms. The van der Waals surface area contributed by atoms with Crippen molar-refractivity contribution in [1.82, 2.24) is 5.32 Å². The number of nitrogens with one attached hydrogen (secondary N) is 1. The first-order chi connectivity index (χ1) is 16.3. The number of methoxy groups -OCH3 is 1. The molecule has 0 fully saturated rings. The number of carboxylic acid groups (broad SMARTS) is 1. The highest BCUT2D eigenvalue weighted by Gasteiger charge is 2.28. The maximum atomic E-state index is 16.3. The highest BCUT2D eigenvalue weighted by Crippen LogP contribution is 2.41. The lowest BCUT2D eigenvalue weighted by Gasteiger charge is -2.15. The van der Waals surface area contributed by atoms with E-state index in [-0.39, 0.29) is 40.0 Å². The molecule has 0 unspecified atom stereocenters. The number of carbonyl (C=O) groups excluding carboxylic acids is 1. The Bertz CT molecular complexity index is 1420. The van der Waals surface area contributed by atoms with Crippen molar-refractivity contribution >= 4 is 22.8 Å². The molecule has 0 aliphatic carbocycles. The van der Waals surface area contributed by atoms with Crippen molar-refractivity contribution in [3.05, 3.63) is 82.4 Å². The molecule has 0 saturated carbocycles. The van der Waals surface area contributed by atoms with Crippen LogP contribution in [0.4, 0.5) is 8.78 Å². The minimum absolute atomic E-state index is 0.00539. The Morgan fingerprint density at radius 3 is 2.41 bits per heavy atom. The van der Waals surface area contributed by atoms with Crippen LogP contribution in [-0.4, -0.2) is 31.1 Å². The lowest BCUT2D eigenvalue weighted by Crippen LogP contribution is -2.18. The predicted octanol–water partition coefficient (Wildman–Crippen LogP) is 5.56. The second-order valence-corrected chi connectivity index (χ2v) is 7.76. The van der Waals surface area contributed by atoms with Crippen molar-refractivity contribution in [3.8, 4) is 22.5 Å². The van der Waals surface area contributed by atoms with Gasteiger partial charge < -0.3 is 19.6 Å². The zero-order valence-corrected chi connectivity index (χ0v) is 18.7. The van der Waals surface area contributed by atoms with E-state index in [1.165, 1.54) is 50.6 Å². The summed E-state index contributed by atoms with van der Waals surface area (Å²) >= 11 is 0. The monoisotopic (exact) mass is 465 g/mol. The van der Waals surface area contributed by atoms with Gasteiger partial charge in [-0.2, -0.15) is 0 Å². The Labute approximate surface area is 193 Å². The summed E-state index contributed by atoms with van der Waals surface area (Å²) in [7, 11) is 2.86. The molecule has 8 heteroatoms. The van der Waals surface area contributed by atoms with E-state index in [0.717, 1.165) is 0 Å². The summed E-state index contributed by atoms with van der Waals surface area (Å²) in [6, 6.07) is 11.3. The van der Waals surface area contributed by atoms with Crippen LogP contribution >= 0.6 is 0 Å². The van der Waals surface area contributed by atoms with Crippen molar-refractivity contribution in [2.75, 3.05) is 14.2 Å². The number of hydrogen-bond donors (Lipinski definition) is 2. The molecular weight excluding hydrogens is 444 g/mol. The van der Waals surface area contributed by atoms with E-state index in [1.54, 1.807) is 19.1 Å². The Kier molecular flexibility index (Phi) is 6.17. The SMILES string of the molecule is CNC(=O)c1c(-c2ccc(F)cc2)oc2cc(COC)c(-c3cc(C(=O)O)ccc3C)c(F)c12. The predicted molar refractivity (Wildman–Crippen MR) is 123 cm³/mol. The first-order valence-corrected chi connectivity index (χ1v) is 10.4. The number of halogens is 2. The van der Waals surface area contributed by atoms with Gasteiger partial charge in [0.15, 0.2) is 0 Å². The van der Waals surface area contributed by atoms with Gasteiger partial charge in [0.05, 0.1) is 23.1 Å². The summed E-state index contributed by atoms with van der Waals surface area (Å²) in [5, 5.41) is 11.9. The smallest absolute Gasteiger partial charge is 0.335 e. The quantitative estimate of drug-likeness (QED) is 0.389. The van der Waals surface area contributed by atoms with Gasteiger partial charge in [-0.05, 0) is 66.1 Å². The van der Waals surface area contributed by atoms with E-state index in [2.05, 4.69) is 5.32 Å². The zero-order chi connectivity index (χ0) is 24.6.